The van der Waals surface area contributed by atoms with E-state index >= 15 is 0 Å². The van der Waals surface area contributed by atoms with Gasteiger partial charge in [0.1, 0.15) is 0 Å². The van der Waals surface area contributed by atoms with E-state index in [2.05, 4.69) is 21.8 Å². The summed E-state index contributed by atoms with van der Waals surface area (Å²) in [5.74, 6) is 0.0965. The molecule has 0 spiro atoms. The molecule has 0 heterocycles. The van der Waals surface area contributed by atoms with Crippen LogP contribution in [-0.2, 0) is 16.4 Å². The van der Waals surface area contributed by atoms with Crippen LogP contribution in [0, 0.1) is 0 Å². The summed E-state index contributed by atoms with van der Waals surface area (Å²) in [6.07, 6.45) is 2.07. The molecule has 2 N–H and O–H groups in total. The van der Waals surface area contributed by atoms with E-state index in [1.165, 1.54) is 11.1 Å². The van der Waals surface area contributed by atoms with Crippen molar-refractivity contribution in [2.75, 3.05) is 32.0 Å². The molecule has 1 unspecified atom stereocenters. The van der Waals surface area contributed by atoms with E-state index < -0.39 is 10.0 Å². The van der Waals surface area contributed by atoms with Crippen LogP contribution in [0.3, 0.4) is 0 Å². The molecule has 0 saturated carbocycles. The first kappa shape index (κ1) is 16.4. The van der Waals surface area contributed by atoms with Gasteiger partial charge >= 0.3 is 0 Å². The highest BCUT2D eigenvalue weighted by Gasteiger charge is 2.27. The van der Waals surface area contributed by atoms with E-state index in [1.54, 1.807) is 6.92 Å². The number of rotatable bonds is 8. The third kappa shape index (κ3) is 4.26. The molecule has 0 fully saturated rings. The van der Waals surface area contributed by atoms with Gasteiger partial charge < -0.3 is 5.11 Å². The van der Waals surface area contributed by atoms with Gasteiger partial charge in [-0.2, -0.15) is 0 Å². The zero-order chi connectivity index (χ0) is 15.3. The van der Waals surface area contributed by atoms with Crippen LogP contribution in [0.2, 0.25) is 0 Å². The van der Waals surface area contributed by atoms with Gasteiger partial charge in [-0.1, -0.05) is 24.3 Å². The molecule has 21 heavy (non-hydrogen) atoms. The highest BCUT2D eigenvalue weighted by molar-refractivity contribution is 7.89. The van der Waals surface area contributed by atoms with Crippen LogP contribution in [0.15, 0.2) is 24.3 Å². The fourth-order valence-electron chi connectivity index (χ4n) is 2.91. The van der Waals surface area contributed by atoms with E-state index in [0.717, 1.165) is 12.8 Å². The highest BCUT2D eigenvalue weighted by atomic mass is 32.2. The summed E-state index contributed by atoms with van der Waals surface area (Å²) in [7, 11) is -3.15. The Kier molecular flexibility index (Phi) is 5.75. The largest absolute Gasteiger partial charge is 0.395 e. The molecule has 1 aliphatic rings. The first-order valence-corrected chi connectivity index (χ1v) is 9.12. The SMILES string of the molecule is CCS(=O)(=O)NCCN(CCO)C1CCc2ccccc21. The van der Waals surface area contributed by atoms with E-state index in [0.29, 0.717) is 19.6 Å². The van der Waals surface area contributed by atoms with E-state index in [9.17, 15) is 13.5 Å². The molecule has 0 bridgehead atoms. The molecule has 0 aliphatic heterocycles. The lowest BCUT2D eigenvalue weighted by Gasteiger charge is -2.29. The number of aliphatic hydroxyl groups is 1. The van der Waals surface area contributed by atoms with E-state index in [4.69, 9.17) is 0 Å². The van der Waals surface area contributed by atoms with E-state index in [-0.39, 0.29) is 18.4 Å². The van der Waals surface area contributed by atoms with Crippen LogP contribution in [0.1, 0.15) is 30.5 Å². The number of aliphatic hydroxyl groups excluding tert-OH is 1. The summed E-state index contributed by atoms with van der Waals surface area (Å²) < 4.78 is 25.6. The molecular weight excluding hydrogens is 288 g/mol. The number of nitrogens with one attached hydrogen (secondary N) is 1. The number of hydrogen-bond donors (Lipinski definition) is 2. The summed E-state index contributed by atoms with van der Waals surface area (Å²) >= 11 is 0. The first-order valence-electron chi connectivity index (χ1n) is 7.47. The van der Waals surface area contributed by atoms with Crippen molar-refractivity contribution in [1.29, 1.82) is 0 Å². The summed E-state index contributed by atoms with van der Waals surface area (Å²) in [5, 5.41) is 9.27. The minimum Gasteiger partial charge on any atom is -0.395 e. The molecule has 1 atom stereocenters. The Morgan fingerprint density at radius 1 is 1.33 bits per heavy atom. The van der Waals surface area contributed by atoms with Crippen molar-refractivity contribution in [3.8, 4) is 0 Å². The number of aryl methyl sites for hydroxylation is 1. The van der Waals surface area contributed by atoms with Gasteiger partial charge in [-0.3, -0.25) is 4.90 Å². The van der Waals surface area contributed by atoms with Gasteiger partial charge in [0.05, 0.1) is 12.4 Å². The Hall–Kier alpha value is -0.950. The summed E-state index contributed by atoms with van der Waals surface area (Å²) in [6.45, 7) is 3.26. The monoisotopic (exact) mass is 312 g/mol. The molecule has 0 aromatic heterocycles. The maximum Gasteiger partial charge on any atom is 0.211 e. The van der Waals surface area contributed by atoms with Gasteiger partial charge in [0, 0.05) is 25.7 Å². The molecular formula is C15H24N2O3S. The van der Waals surface area contributed by atoms with Crippen molar-refractivity contribution < 1.29 is 13.5 Å². The lowest BCUT2D eigenvalue weighted by molar-refractivity contribution is 0.152. The molecule has 0 radical (unpaired) electrons. The number of hydrogen-bond acceptors (Lipinski definition) is 4. The number of fused-ring (bicyclic) bond motifs is 1. The maximum atomic E-state index is 11.5. The Morgan fingerprint density at radius 3 is 2.81 bits per heavy atom. The quantitative estimate of drug-likeness (QED) is 0.748. The lowest BCUT2D eigenvalue weighted by atomic mass is 10.1. The predicted octanol–water partition coefficient (Wildman–Crippen LogP) is 0.907. The standard InChI is InChI=1S/C15H24N2O3S/c1-2-21(19,20)16-9-10-17(11-12-18)15-8-7-13-5-3-4-6-14(13)15/h3-6,15-16,18H,2,7-12H2,1H3. The van der Waals surface area contributed by atoms with Gasteiger partial charge in [-0.25, -0.2) is 13.1 Å². The molecule has 5 nitrogen and oxygen atoms in total. The molecule has 0 amide bonds. The second kappa shape index (κ2) is 7.35. The normalized spacial score (nSPS) is 18.1. The van der Waals surface area contributed by atoms with Crippen LogP contribution in [0.5, 0.6) is 0 Å². The predicted molar refractivity (Wildman–Crippen MR) is 83.6 cm³/mol. The van der Waals surface area contributed by atoms with Crippen molar-refractivity contribution in [1.82, 2.24) is 9.62 Å². The van der Waals surface area contributed by atoms with Crippen molar-refractivity contribution in [3.63, 3.8) is 0 Å². The second-order valence-corrected chi connectivity index (χ2v) is 7.41. The topological polar surface area (TPSA) is 69.6 Å². The summed E-state index contributed by atoms with van der Waals surface area (Å²) in [4.78, 5) is 2.17. The highest BCUT2D eigenvalue weighted by Crippen LogP contribution is 2.35. The summed E-state index contributed by atoms with van der Waals surface area (Å²) in [6, 6.07) is 8.64. The van der Waals surface area contributed by atoms with Crippen molar-refractivity contribution in [3.05, 3.63) is 35.4 Å². The van der Waals surface area contributed by atoms with Crippen molar-refractivity contribution >= 4 is 10.0 Å². The van der Waals surface area contributed by atoms with Gasteiger partial charge in [-0.05, 0) is 30.9 Å². The Morgan fingerprint density at radius 2 is 2.10 bits per heavy atom. The Labute approximate surface area is 127 Å². The Bertz CT molecular complexity index is 560. The molecule has 118 valence electrons. The molecule has 1 aromatic rings. The smallest absolute Gasteiger partial charge is 0.211 e. The van der Waals surface area contributed by atoms with Gasteiger partial charge in [0.25, 0.3) is 0 Å². The van der Waals surface area contributed by atoms with Crippen LogP contribution in [-0.4, -0.2) is 50.4 Å². The Balaban J connectivity index is 2.00. The number of benzene rings is 1. The van der Waals surface area contributed by atoms with Crippen LogP contribution < -0.4 is 4.72 Å². The van der Waals surface area contributed by atoms with Gasteiger partial charge in [0.15, 0.2) is 0 Å². The lowest BCUT2D eigenvalue weighted by Crippen LogP contribution is -2.38. The van der Waals surface area contributed by atoms with Gasteiger partial charge in [-0.15, -0.1) is 0 Å². The average Bonchev–Trinajstić information content (AvgIpc) is 2.90. The van der Waals surface area contributed by atoms with E-state index in [1.807, 2.05) is 12.1 Å². The van der Waals surface area contributed by atoms with Gasteiger partial charge in [0.2, 0.25) is 10.0 Å². The number of nitrogens with zero attached hydrogens (tertiary/aromatic N) is 1. The minimum absolute atomic E-state index is 0.0825. The third-order valence-corrected chi connectivity index (χ3v) is 5.43. The second-order valence-electron chi connectivity index (χ2n) is 5.31. The molecule has 2 rings (SSSR count). The van der Waals surface area contributed by atoms with Crippen molar-refractivity contribution in [2.45, 2.75) is 25.8 Å². The third-order valence-electron chi connectivity index (χ3n) is 4.03. The average molecular weight is 312 g/mol. The molecule has 6 heteroatoms. The fourth-order valence-corrected chi connectivity index (χ4v) is 3.52. The molecule has 0 saturated heterocycles. The van der Waals surface area contributed by atoms with Crippen LogP contribution in [0.25, 0.3) is 0 Å². The molecule has 1 aromatic carbocycles. The zero-order valence-electron chi connectivity index (χ0n) is 12.5. The van der Waals surface area contributed by atoms with Crippen LogP contribution in [0.4, 0.5) is 0 Å². The first-order chi connectivity index (χ1) is 10.1. The number of sulfonamides is 1. The van der Waals surface area contributed by atoms with Crippen molar-refractivity contribution in [2.24, 2.45) is 0 Å². The zero-order valence-corrected chi connectivity index (χ0v) is 13.3. The maximum absolute atomic E-state index is 11.5. The molecule has 1 aliphatic carbocycles. The fraction of sp³-hybridized carbons (Fsp3) is 0.600. The summed E-state index contributed by atoms with van der Waals surface area (Å²) in [5.41, 5.74) is 2.67. The van der Waals surface area contributed by atoms with Crippen LogP contribution >= 0.6 is 0 Å². The minimum atomic E-state index is -3.15.